The SMILES string of the molecule is COC(=O)c1ccc(OCc2ccc3ccccc3n2)c(Cl)c1. The number of halogens is 1. The zero-order valence-electron chi connectivity index (χ0n) is 12.5. The van der Waals surface area contributed by atoms with Crippen LogP contribution in [0, 0.1) is 0 Å². The van der Waals surface area contributed by atoms with Crippen molar-refractivity contribution >= 4 is 28.5 Å². The molecule has 0 spiro atoms. The molecule has 0 unspecified atom stereocenters. The molecule has 0 bridgehead atoms. The van der Waals surface area contributed by atoms with Crippen molar-refractivity contribution in [2.45, 2.75) is 6.61 Å². The number of nitrogens with zero attached hydrogens (tertiary/aromatic N) is 1. The smallest absolute Gasteiger partial charge is 0.337 e. The number of hydrogen-bond acceptors (Lipinski definition) is 4. The molecule has 116 valence electrons. The van der Waals surface area contributed by atoms with Gasteiger partial charge >= 0.3 is 5.97 Å². The van der Waals surface area contributed by atoms with E-state index in [9.17, 15) is 4.79 Å². The Kier molecular flexibility index (Phi) is 4.44. The van der Waals surface area contributed by atoms with Crippen LogP contribution in [-0.2, 0) is 11.3 Å². The van der Waals surface area contributed by atoms with Gasteiger partial charge < -0.3 is 9.47 Å². The molecule has 23 heavy (non-hydrogen) atoms. The largest absolute Gasteiger partial charge is 0.486 e. The fourth-order valence-corrected chi connectivity index (χ4v) is 2.44. The van der Waals surface area contributed by atoms with Crippen LogP contribution in [0.15, 0.2) is 54.6 Å². The van der Waals surface area contributed by atoms with Gasteiger partial charge in [0.15, 0.2) is 0 Å². The first-order chi connectivity index (χ1) is 11.2. The van der Waals surface area contributed by atoms with Gasteiger partial charge in [-0.3, -0.25) is 0 Å². The van der Waals surface area contributed by atoms with Crippen molar-refractivity contribution < 1.29 is 14.3 Å². The maximum absolute atomic E-state index is 11.4. The van der Waals surface area contributed by atoms with Gasteiger partial charge in [0.1, 0.15) is 12.4 Å². The average molecular weight is 328 g/mol. The molecule has 0 saturated carbocycles. The highest BCUT2D eigenvalue weighted by Gasteiger charge is 2.10. The molecule has 0 aliphatic carbocycles. The van der Waals surface area contributed by atoms with E-state index in [2.05, 4.69) is 9.72 Å². The summed E-state index contributed by atoms with van der Waals surface area (Å²) in [5, 5.41) is 1.44. The Morgan fingerprint density at radius 3 is 2.74 bits per heavy atom. The van der Waals surface area contributed by atoms with Crippen LogP contribution in [-0.4, -0.2) is 18.1 Å². The maximum Gasteiger partial charge on any atom is 0.337 e. The quantitative estimate of drug-likeness (QED) is 0.672. The molecule has 5 heteroatoms. The second kappa shape index (κ2) is 6.67. The zero-order valence-corrected chi connectivity index (χ0v) is 13.2. The zero-order chi connectivity index (χ0) is 16.2. The van der Waals surface area contributed by atoms with Crippen molar-refractivity contribution in [3.8, 4) is 5.75 Å². The first-order valence-electron chi connectivity index (χ1n) is 7.03. The molecule has 4 nitrogen and oxygen atoms in total. The van der Waals surface area contributed by atoms with Gasteiger partial charge in [-0.25, -0.2) is 9.78 Å². The van der Waals surface area contributed by atoms with Gasteiger partial charge in [-0.2, -0.15) is 0 Å². The van der Waals surface area contributed by atoms with Gasteiger partial charge in [0, 0.05) is 5.39 Å². The van der Waals surface area contributed by atoms with Crippen LogP contribution >= 0.6 is 11.6 Å². The van der Waals surface area contributed by atoms with E-state index in [1.807, 2.05) is 36.4 Å². The van der Waals surface area contributed by atoms with Gasteiger partial charge in [-0.05, 0) is 30.3 Å². The lowest BCUT2D eigenvalue weighted by Crippen LogP contribution is -2.02. The Hall–Kier alpha value is -2.59. The number of hydrogen-bond donors (Lipinski definition) is 0. The average Bonchev–Trinajstić information content (AvgIpc) is 2.59. The third-order valence-electron chi connectivity index (χ3n) is 3.38. The van der Waals surface area contributed by atoms with Gasteiger partial charge in [0.05, 0.1) is 28.9 Å². The number of rotatable bonds is 4. The first kappa shape index (κ1) is 15.3. The van der Waals surface area contributed by atoms with Crippen LogP contribution in [0.5, 0.6) is 5.75 Å². The lowest BCUT2D eigenvalue weighted by atomic mass is 10.2. The summed E-state index contributed by atoms with van der Waals surface area (Å²) in [6, 6.07) is 16.6. The van der Waals surface area contributed by atoms with E-state index in [0.29, 0.717) is 22.9 Å². The summed E-state index contributed by atoms with van der Waals surface area (Å²) < 4.78 is 10.3. The maximum atomic E-state index is 11.4. The third-order valence-corrected chi connectivity index (χ3v) is 3.68. The number of carbonyl (C=O) groups is 1. The summed E-state index contributed by atoms with van der Waals surface area (Å²) in [5.41, 5.74) is 2.10. The van der Waals surface area contributed by atoms with Crippen LogP contribution in [0.1, 0.15) is 16.1 Å². The number of ether oxygens (including phenoxy) is 2. The van der Waals surface area contributed by atoms with Gasteiger partial charge in [0.25, 0.3) is 0 Å². The van der Waals surface area contributed by atoms with Crippen molar-refractivity contribution in [3.05, 3.63) is 70.9 Å². The number of aromatic nitrogens is 1. The van der Waals surface area contributed by atoms with Crippen molar-refractivity contribution in [1.29, 1.82) is 0 Å². The molecular formula is C18H14ClNO3. The Bertz CT molecular complexity index is 864. The highest BCUT2D eigenvalue weighted by Crippen LogP contribution is 2.26. The minimum Gasteiger partial charge on any atom is -0.486 e. The Morgan fingerprint density at radius 1 is 1.13 bits per heavy atom. The first-order valence-corrected chi connectivity index (χ1v) is 7.40. The summed E-state index contributed by atoms with van der Waals surface area (Å²) in [7, 11) is 1.33. The predicted octanol–water partition coefficient (Wildman–Crippen LogP) is 4.25. The molecule has 3 aromatic rings. The number of benzene rings is 2. The molecule has 1 aromatic heterocycles. The fraction of sp³-hybridized carbons (Fsp3) is 0.111. The van der Waals surface area contributed by atoms with Crippen molar-refractivity contribution in [2.75, 3.05) is 7.11 Å². The van der Waals surface area contributed by atoms with Gasteiger partial charge in [-0.1, -0.05) is 35.9 Å². The standard InChI is InChI=1S/C18H14ClNO3/c1-22-18(21)13-7-9-17(15(19)10-13)23-11-14-8-6-12-4-2-3-5-16(12)20-14/h2-10H,11H2,1H3. The molecular weight excluding hydrogens is 314 g/mol. The summed E-state index contributed by atoms with van der Waals surface area (Å²) in [4.78, 5) is 16.0. The number of esters is 1. The van der Waals surface area contributed by atoms with Crippen LogP contribution < -0.4 is 4.74 Å². The van der Waals surface area contributed by atoms with Crippen molar-refractivity contribution in [2.24, 2.45) is 0 Å². The van der Waals surface area contributed by atoms with Gasteiger partial charge in [0.2, 0.25) is 0 Å². The topological polar surface area (TPSA) is 48.4 Å². The third kappa shape index (κ3) is 3.43. The van der Waals surface area contributed by atoms with E-state index in [1.165, 1.54) is 13.2 Å². The molecule has 2 aromatic carbocycles. The van der Waals surface area contributed by atoms with E-state index >= 15 is 0 Å². The number of methoxy groups -OCH3 is 1. The summed E-state index contributed by atoms with van der Waals surface area (Å²) in [5.74, 6) is 0.0592. The summed E-state index contributed by atoms with van der Waals surface area (Å²) >= 11 is 6.14. The van der Waals surface area contributed by atoms with E-state index in [0.717, 1.165) is 16.6 Å². The van der Waals surface area contributed by atoms with E-state index < -0.39 is 5.97 Å². The predicted molar refractivity (Wildman–Crippen MR) is 88.9 cm³/mol. The van der Waals surface area contributed by atoms with Crippen molar-refractivity contribution in [1.82, 2.24) is 4.98 Å². The molecule has 0 aliphatic heterocycles. The molecule has 0 amide bonds. The minimum absolute atomic E-state index is 0.294. The Morgan fingerprint density at radius 2 is 1.96 bits per heavy atom. The number of fused-ring (bicyclic) bond motifs is 1. The summed E-state index contributed by atoms with van der Waals surface area (Å²) in [6.45, 7) is 0.294. The van der Waals surface area contributed by atoms with Crippen molar-refractivity contribution in [3.63, 3.8) is 0 Å². The molecule has 0 saturated heterocycles. The van der Waals surface area contributed by atoms with E-state index in [4.69, 9.17) is 16.3 Å². The van der Waals surface area contributed by atoms with Crippen LogP contribution in [0.25, 0.3) is 10.9 Å². The molecule has 0 atom stereocenters. The fourth-order valence-electron chi connectivity index (χ4n) is 2.20. The Labute approximate surface area is 138 Å². The molecule has 1 heterocycles. The lowest BCUT2D eigenvalue weighted by molar-refractivity contribution is 0.0600. The molecule has 3 rings (SSSR count). The lowest BCUT2D eigenvalue weighted by Gasteiger charge is -2.09. The highest BCUT2D eigenvalue weighted by molar-refractivity contribution is 6.32. The van der Waals surface area contributed by atoms with Gasteiger partial charge in [-0.15, -0.1) is 0 Å². The molecule has 0 aliphatic rings. The van der Waals surface area contributed by atoms with Crippen LogP contribution in [0.3, 0.4) is 0 Å². The molecule has 0 N–H and O–H groups in total. The Balaban J connectivity index is 1.75. The number of pyridine rings is 1. The van der Waals surface area contributed by atoms with E-state index in [-0.39, 0.29) is 0 Å². The normalized spacial score (nSPS) is 10.5. The number of carbonyl (C=O) groups excluding carboxylic acids is 1. The molecule has 0 fully saturated rings. The second-order valence-electron chi connectivity index (χ2n) is 4.92. The highest BCUT2D eigenvalue weighted by atomic mass is 35.5. The van der Waals surface area contributed by atoms with E-state index in [1.54, 1.807) is 12.1 Å². The summed E-state index contributed by atoms with van der Waals surface area (Å²) in [6.07, 6.45) is 0. The van der Waals surface area contributed by atoms with Crippen LogP contribution in [0.4, 0.5) is 0 Å². The number of para-hydroxylation sites is 1. The van der Waals surface area contributed by atoms with Crippen LogP contribution in [0.2, 0.25) is 5.02 Å². The molecule has 0 radical (unpaired) electrons. The minimum atomic E-state index is -0.436. The second-order valence-corrected chi connectivity index (χ2v) is 5.33. The monoisotopic (exact) mass is 327 g/mol.